The number of carbonyl (C=O) groups is 1. The first kappa shape index (κ1) is 16.2. The van der Waals surface area contributed by atoms with E-state index in [1.54, 1.807) is 7.11 Å². The van der Waals surface area contributed by atoms with Crippen LogP contribution in [0.4, 0.5) is 5.13 Å². The van der Waals surface area contributed by atoms with Gasteiger partial charge in [0.1, 0.15) is 5.75 Å². The number of thiazole rings is 1. The minimum atomic E-state index is -0.133. The van der Waals surface area contributed by atoms with E-state index in [-0.39, 0.29) is 5.91 Å². The summed E-state index contributed by atoms with van der Waals surface area (Å²) in [6.45, 7) is 3.90. The van der Waals surface area contributed by atoms with Gasteiger partial charge < -0.3 is 4.74 Å². The molecule has 3 rings (SSSR count). The summed E-state index contributed by atoms with van der Waals surface area (Å²) in [7, 11) is 1.64. The average molecular weight is 338 g/mol. The third-order valence-corrected chi connectivity index (χ3v) is 4.51. The number of hydrogen-bond acceptors (Lipinski definition) is 4. The van der Waals surface area contributed by atoms with E-state index in [4.69, 9.17) is 4.74 Å². The second-order valence-corrected chi connectivity index (χ2v) is 6.40. The molecule has 0 atom stereocenters. The standard InChI is InChI=1S/C19H18N2O2S/c1-12-4-5-13(2)16(10-12)18(22)21-19-20-17(11-24-19)14-6-8-15(23-3)9-7-14/h4-11H,1-3H3,(H,20,21,22). The maximum Gasteiger partial charge on any atom is 0.257 e. The zero-order valence-corrected chi connectivity index (χ0v) is 14.6. The zero-order chi connectivity index (χ0) is 17.1. The molecular formula is C19H18N2O2S. The number of aryl methyl sites for hydroxylation is 2. The van der Waals surface area contributed by atoms with Gasteiger partial charge in [-0.25, -0.2) is 4.98 Å². The first-order chi connectivity index (χ1) is 11.6. The lowest BCUT2D eigenvalue weighted by Gasteiger charge is -2.06. The first-order valence-electron chi connectivity index (χ1n) is 7.55. The topological polar surface area (TPSA) is 51.2 Å². The summed E-state index contributed by atoms with van der Waals surface area (Å²) in [6.07, 6.45) is 0. The summed E-state index contributed by atoms with van der Waals surface area (Å²) in [4.78, 5) is 17.0. The van der Waals surface area contributed by atoms with E-state index in [1.807, 2.05) is 61.7 Å². The van der Waals surface area contributed by atoms with Gasteiger partial charge in [0.25, 0.3) is 5.91 Å². The number of anilines is 1. The van der Waals surface area contributed by atoms with Crippen LogP contribution < -0.4 is 10.1 Å². The molecule has 0 bridgehead atoms. The van der Waals surface area contributed by atoms with Crippen LogP contribution in [0.15, 0.2) is 47.8 Å². The highest BCUT2D eigenvalue weighted by molar-refractivity contribution is 7.14. The highest BCUT2D eigenvalue weighted by Crippen LogP contribution is 2.27. The molecule has 0 unspecified atom stereocenters. The smallest absolute Gasteiger partial charge is 0.257 e. The zero-order valence-electron chi connectivity index (χ0n) is 13.8. The van der Waals surface area contributed by atoms with Gasteiger partial charge in [0, 0.05) is 16.5 Å². The van der Waals surface area contributed by atoms with Crippen molar-refractivity contribution in [2.75, 3.05) is 12.4 Å². The number of amides is 1. The molecule has 0 aliphatic heterocycles. The van der Waals surface area contributed by atoms with Crippen molar-refractivity contribution >= 4 is 22.4 Å². The molecule has 5 heteroatoms. The van der Waals surface area contributed by atoms with Crippen molar-refractivity contribution in [1.29, 1.82) is 0 Å². The Balaban J connectivity index is 1.78. The van der Waals surface area contributed by atoms with Gasteiger partial charge in [-0.15, -0.1) is 11.3 Å². The van der Waals surface area contributed by atoms with E-state index in [9.17, 15) is 4.79 Å². The second kappa shape index (κ2) is 6.84. The van der Waals surface area contributed by atoms with Gasteiger partial charge in [0.2, 0.25) is 0 Å². The van der Waals surface area contributed by atoms with Crippen molar-refractivity contribution in [3.05, 3.63) is 64.5 Å². The quantitative estimate of drug-likeness (QED) is 0.751. The average Bonchev–Trinajstić information content (AvgIpc) is 3.05. The number of hydrogen-bond donors (Lipinski definition) is 1. The molecule has 1 aromatic heterocycles. The van der Waals surface area contributed by atoms with Crippen molar-refractivity contribution in [3.63, 3.8) is 0 Å². The third-order valence-electron chi connectivity index (χ3n) is 3.75. The second-order valence-electron chi connectivity index (χ2n) is 5.54. The van der Waals surface area contributed by atoms with Crippen molar-refractivity contribution in [3.8, 4) is 17.0 Å². The maximum atomic E-state index is 12.5. The highest BCUT2D eigenvalue weighted by atomic mass is 32.1. The van der Waals surface area contributed by atoms with Crippen molar-refractivity contribution in [2.24, 2.45) is 0 Å². The molecule has 0 aliphatic carbocycles. The minimum absolute atomic E-state index is 0.133. The fourth-order valence-corrected chi connectivity index (χ4v) is 3.09. The molecule has 0 fully saturated rings. The molecule has 0 aliphatic rings. The van der Waals surface area contributed by atoms with E-state index in [0.29, 0.717) is 10.7 Å². The number of nitrogens with one attached hydrogen (secondary N) is 1. The first-order valence-corrected chi connectivity index (χ1v) is 8.43. The number of benzene rings is 2. The minimum Gasteiger partial charge on any atom is -0.497 e. The summed E-state index contributed by atoms with van der Waals surface area (Å²) < 4.78 is 5.16. The van der Waals surface area contributed by atoms with Crippen LogP contribution in [0, 0.1) is 13.8 Å². The van der Waals surface area contributed by atoms with Gasteiger partial charge >= 0.3 is 0 Å². The lowest BCUT2D eigenvalue weighted by atomic mass is 10.1. The monoisotopic (exact) mass is 338 g/mol. The van der Waals surface area contributed by atoms with Gasteiger partial charge in [0.05, 0.1) is 12.8 Å². The molecule has 2 aromatic carbocycles. The van der Waals surface area contributed by atoms with Crippen LogP contribution in [0.5, 0.6) is 5.75 Å². The van der Waals surface area contributed by atoms with Crippen LogP contribution in [-0.4, -0.2) is 18.0 Å². The lowest BCUT2D eigenvalue weighted by Crippen LogP contribution is -2.13. The van der Waals surface area contributed by atoms with E-state index < -0.39 is 0 Å². The molecule has 24 heavy (non-hydrogen) atoms. The van der Waals surface area contributed by atoms with Crippen LogP contribution in [0.2, 0.25) is 0 Å². The summed E-state index contributed by atoms with van der Waals surface area (Å²) in [5, 5.41) is 5.40. The molecule has 1 amide bonds. The molecule has 3 aromatic rings. The SMILES string of the molecule is COc1ccc(-c2csc(NC(=O)c3cc(C)ccc3C)n2)cc1. The Labute approximate surface area is 145 Å². The number of rotatable bonds is 4. The largest absolute Gasteiger partial charge is 0.497 e. The summed E-state index contributed by atoms with van der Waals surface area (Å²) in [6, 6.07) is 13.5. The molecule has 0 saturated carbocycles. The predicted molar refractivity (Wildman–Crippen MR) is 98.0 cm³/mol. The Morgan fingerprint density at radius 3 is 2.58 bits per heavy atom. The Hall–Kier alpha value is -2.66. The molecule has 4 nitrogen and oxygen atoms in total. The van der Waals surface area contributed by atoms with E-state index in [0.717, 1.165) is 28.1 Å². The van der Waals surface area contributed by atoms with Gasteiger partial charge in [-0.3, -0.25) is 10.1 Å². The molecule has 0 radical (unpaired) electrons. The molecule has 1 heterocycles. The van der Waals surface area contributed by atoms with Crippen molar-refractivity contribution in [1.82, 2.24) is 4.98 Å². The number of aromatic nitrogens is 1. The van der Waals surface area contributed by atoms with Crippen molar-refractivity contribution in [2.45, 2.75) is 13.8 Å². The van der Waals surface area contributed by atoms with Crippen LogP contribution in [0.1, 0.15) is 21.5 Å². The van der Waals surface area contributed by atoms with Gasteiger partial charge in [-0.1, -0.05) is 17.7 Å². The maximum absolute atomic E-state index is 12.5. The molecule has 0 spiro atoms. The lowest BCUT2D eigenvalue weighted by molar-refractivity contribution is 0.102. The van der Waals surface area contributed by atoms with Crippen molar-refractivity contribution < 1.29 is 9.53 Å². The Kier molecular flexibility index (Phi) is 4.62. The predicted octanol–water partition coefficient (Wildman–Crippen LogP) is 4.69. The molecule has 0 saturated heterocycles. The van der Waals surface area contributed by atoms with Crippen LogP contribution in [0.25, 0.3) is 11.3 Å². The normalized spacial score (nSPS) is 10.5. The van der Waals surface area contributed by atoms with Gasteiger partial charge in [0.15, 0.2) is 5.13 Å². The van der Waals surface area contributed by atoms with Gasteiger partial charge in [-0.05, 0) is 49.7 Å². The van der Waals surface area contributed by atoms with Gasteiger partial charge in [-0.2, -0.15) is 0 Å². The summed E-state index contributed by atoms with van der Waals surface area (Å²) in [5.41, 5.74) is 4.50. The van der Waals surface area contributed by atoms with Crippen LogP contribution in [-0.2, 0) is 0 Å². The number of nitrogens with zero attached hydrogens (tertiary/aromatic N) is 1. The molecule has 1 N–H and O–H groups in total. The Morgan fingerprint density at radius 2 is 1.88 bits per heavy atom. The van der Waals surface area contributed by atoms with Crippen LogP contribution >= 0.6 is 11.3 Å². The van der Waals surface area contributed by atoms with E-state index in [1.165, 1.54) is 11.3 Å². The van der Waals surface area contributed by atoms with E-state index >= 15 is 0 Å². The van der Waals surface area contributed by atoms with E-state index in [2.05, 4.69) is 10.3 Å². The summed E-state index contributed by atoms with van der Waals surface area (Å²) in [5.74, 6) is 0.671. The summed E-state index contributed by atoms with van der Waals surface area (Å²) >= 11 is 1.41. The fourth-order valence-electron chi connectivity index (χ4n) is 2.37. The Morgan fingerprint density at radius 1 is 1.12 bits per heavy atom. The third kappa shape index (κ3) is 3.46. The number of ether oxygens (including phenoxy) is 1. The number of carbonyl (C=O) groups excluding carboxylic acids is 1. The highest BCUT2D eigenvalue weighted by Gasteiger charge is 2.12. The molecule has 122 valence electrons. The van der Waals surface area contributed by atoms with Crippen LogP contribution in [0.3, 0.4) is 0 Å². The Bertz CT molecular complexity index is 869. The number of methoxy groups -OCH3 is 1. The fraction of sp³-hybridized carbons (Fsp3) is 0.158. The molecular weight excluding hydrogens is 320 g/mol.